The van der Waals surface area contributed by atoms with E-state index in [1.807, 2.05) is 6.07 Å². The first-order valence-corrected chi connectivity index (χ1v) is 6.42. The second-order valence-corrected chi connectivity index (χ2v) is 4.96. The van der Waals surface area contributed by atoms with Crippen molar-refractivity contribution in [2.75, 3.05) is 26.3 Å². The van der Waals surface area contributed by atoms with Crippen molar-refractivity contribution < 1.29 is 9.13 Å². The molecule has 0 saturated carbocycles. The minimum absolute atomic E-state index is 0.103. The van der Waals surface area contributed by atoms with Gasteiger partial charge in [-0.15, -0.1) is 0 Å². The van der Waals surface area contributed by atoms with Gasteiger partial charge in [-0.25, -0.2) is 4.39 Å². The zero-order valence-corrected chi connectivity index (χ0v) is 9.99. The first kappa shape index (κ1) is 11.2. The lowest BCUT2D eigenvalue weighted by Gasteiger charge is -2.37. The van der Waals surface area contributed by atoms with Crippen LogP contribution in [0.25, 0.3) is 0 Å². The second-order valence-electron chi connectivity index (χ2n) is 4.96. The van der Waals surface area contributed by atoms with Gasteiger partial charge in [-0.05, 0) is 42.5 Å². The van der Waals surface area contributed by atoms with Crippen LogP contribution >= 0.6 is 0 Å². The number of rotatable bonds is 1. The highest BCUT2D eigenvalue weighted by Gasteiger charge is 2.25. The van der Waals surface area contributed by atoms with Gasteiger partial charge in [0.25, 0.3) is 0 Å². The number of benzene rings is 1. The van der Waals surface area contributed by atoms with Crippen molar-refractivity contribution >= 4 is 0 Å². The molecular formula is C14H18FNO. The Hall–Kier alpha value is -0.930. The van der Waals surface area contributed by atoms with Crippen molar-refractivity contribution in [3.05, 3.63) is 35.1 Å². The topological polar surface area (TPSA) is 12.5 Å². The van der Waals surface area contributed by atoms with Crippen molar-refractivity contribution in [2.45, 2.75) is 25.3 Å². The van der Waals surface area contributed by atoms with Crippen LogP contribution in [-0.2, 0) is 17.6 Å². The van der Waals surface area contributed by atoms with Crippen LogP contribution in [0, 0.1) is 5.82 Å². The Bertz CT molecular complexity index is 401. The Kier molecular flexibility index (Phi) is 3.12. The summed E-state index contributed by atoms with van der Waals surface area (Å²) in [5.74, 6) is -0.103. The van der Waals surface area contributed by atoms with Crippen molar-refractivity contribution in [1.29, 1.82) is 0 Å². The Morgan fingerprint density at radius 2 is 2.00 bits per heavy atom. The predicted molar refractivity (Wildman–Crippen MR) is 64.6 cm³/mol. The zero-order chi connectivity index (χ0) is 11.7. The zero-order valence-electron chi connectivity index (χ0n) is 9.99. The molecule has 0 aromatic heterocycles. The summed E-state index contributed by atoms with van der Waals surface area (Å²) in [5.41, 5.74) is 2.53. The van der Waals surface area contributed by atoms with Crippen molar-refractivity contribution in [3.63, 3.8) is 0 Å². The maximum Gasteiger partial charge on any atom is 0.123 e. The molecule has 0 amide bonds. The van der Waals surface area contributed by atoms with E-state index in [9.17, 15) is 4.39 Å². The van der Waals surface area contributed by atoms with Crippen molar-refractivity contribution in [3.8, 4) is 0 Å². The molecule has 1 aromatic carbocycles. The molecule has 0 radical (unpaired) electrons. The SMILES string of the molecule is Fc1ccc2c(c1)CC[C@H](N1CCOCC1)C2. The van der Waals surface area contributed by atoms with Crippen molar-refractivity contribution in [1.82, 2.24) is 4.90 Å². The number of aryl methyl sites for hydroxylation is 1. The molecule has 1 atom stereocenters. The lowest BCUT2D eigenvalue weighted by molar-refractivity contribution is 0.0137. The molecule has 1 saturated heterocycles. The molecule has 1 aromatic rings. The van der Waals surface area contributed by atoms with Gasteiger partial charge in [0.2, 0.25) is 0 Å². The quantitative estimate of drug-likeness (QED) is 0.738. The van der Waals surface area contributed by atoms with Crippen LogP contribution in [0.3, 0.4) is 0 Å². The van der Waals surface area contributed by atoms with Gasteiger partial charge in [0, 0.05) is 19.1 Å². The molecule has 2 nitrogen and oxygen atoms in total. The molecule has 1 aliphatic carbocycles. The molecule has 0 N–H and O–H groups in total. The summed E-state index contributed by atoms with van der Waals surface area (Å²) in [5, 5.41) is 0. The average molecular weight is 235 g/mol. The van der Waals surface area contributed by atoms with Crippen LogP contribution in [0.5, 0.6) is 0 Å². The molecule has 1 aliphatic heterocycles. The second kappa shape index (κ2) is 4.75. The number of ether oxygens (including phenoxy) is 1. The normalized spacial score (nSPS) is 25.6. The summed E-state index contributed by atoms with van der Waals surface area (Å²) >= 11 is 0. The minimum Gasteiger partial charge on any atom is -0.379 e. The summed E-state index contributed by atoms with van der Waals surface area (Å²) < 4.78 is 18.5. The molecule has 0 spiro atoms. The molecule has 3 heteroatoms. The summed E-state index contributed by atoms with van der Waals surface area (Å²) in [7, 11) is 0. The fourth-order valence-corrected chi connectivity index (χ4v) is 2.96. The molecular weight excluding hydrogens is 217 g/mol. The Labute approximate surface area is 101 Å². The lowest BCUT2D eigenvalue weighted by atomic mass is 9.87. The summed E-state index contributed by atoms with van der Waals surface area (Å²) in [6.07, 6.45) is 3.22. The van der Waals surface area contributed by atoms with Gasteiger partial charge < -0.3 is 4.74 Å². The van der Waals surface area contributed by atoms with Crippen LogP contribution in [-0.4, -0.2) is 37.2 Å². The molecule has 2 aliphatic rings. The van der Waals surface area contributed by atoms with E-state index >= 15 is 0 Å². The van der Waals surface area contributed by atoms with Gasteiger partial charge in [-0.3, -0.25) is 4.90 Å². The molecule has 3 rings (SSSR count). The molecule has 0 bridgehead atoms. The highest BCUT2D eigenvalue weighted by atomic mass is 19.1. The molecule has 17 heavy (non-hydrogen) atoms. The third-order valence-electron chi connectivity index (χ3n) is 3.93. The molecule has 1 fully saturated rings. The van der Waals surface area contributed by atoms with Crippen LogP contribution in [0.2, 0.25) is 0 Å². The van der Waals surface area contributed by atoms with E-state index < -0.39 is 0 Å². The van der Waals surface area contributed by atoms with Gasteiger partial charge >= 0.3 is 0 Å². The number of nitrogens with zero attached hydrogens (tertiary/aromatic N) is 1. The van der Waals surface area contributed by atoms with E-state index in [1.165, 1.54) is 11.1 Å². The van der Waals surface area contributed by atoms with E-state index in [-0.39, 0.29) is 5.82 Å². The van der Waals surface area contributed by atoms with E-state index in [1.54, 1.807) is 12.1 Å². The van der Waals surface area contributed by atoms with Gasteiger partial charge in [0.15, 0.2) is 0 Å². The first-order chi connectivity index (χ1) is 8.33. The van der Waals surface area contributed by atoms with Crippen LogP contribution in [0.15, 0.2) is 18.2 Å². The third-order valence-corrected chi connectivity index (χ3v) is 3.93. The third kappa shape index (κ3) is 2.35. The van der Waals surface area contributed by atoms with Gasteiger partial charge in [0.1, 0.15) is 5.82 Å². The van der Waals surface area contributed by atoms with Crippen LogP contribution < -0.4 is 0 Å². The summed E-state index contributed by atoms with van der Waals surface area (Å²) in [4.78, 5) is 2.52. The molecule has 0 unspecified atom stereocenters. The number of morpholine rings is 1. The maximum atomic E-state index is 13.1. The number of halogens is 1. The van der Waals surface area contributed by atoms with Gasteiger partial charge in [-0.2, -0.15) is 0 Å². The predicted octanol–water partition coefficient (Wildman–Crippen LogP) is 2.02. The van der Waals surface area contributed by atoms with E-state index in [2.05, 4.69) is 4.90 Å². The Balaban J connectivity index is 1.73. The average Bonchev–Trinajstić information content (AvgIpc) is 2.39. The highest BCUT2D eigenvalue weighted by molar-refractivity contribution is 5.31. The Morgan fingerprint density at radius 3 is 2.82 bits per heavy atom. The number of hydrogen-bond donors (Lipinski definition) is 0. The van der Waals surface area contributed by atoms with Crippen LogP contribution in [0.1, 0.15) is 17.5 Å². The summed E-state index contributed by atoms with van der Waals surface area (Å²) in [6, 6.07) is 5.86. The fourth-order valence-electron chi connectivity index (χ4n) is 2.96. The van der Waals surface area contributed by atoms with E-state index in [0.717, 1.165) is 45.6 Å². The lowest BCUT2D eigenvalue weighted by Crippen LogP contribution is -2.45. The van der Waals surface area contributed by atoms with Crippen molar-refractivity contribution in [2.24, 2.45) is 0 Å². The van der Waals surface area contributed by atoms with Crippen LogP contribution in [0.4, 0.5) is 4.39 Å². The standard InChI is InChI=1S/C14H18FNO/c15-13-3-1-12-10-14(4-2-11(12)9-13)16-5-7-17-8-6-16/h1,3,9,14H,2,4-8,10H2/t14-/m0/s1. The largest absolute Gasteiger partial charge is 0.379 e. The summed E-state index contributed by atoms with van der Waals surface area (Å²) in [6.45, 7) is 3.79. The Morgan fingerprint density at radius 1 is 1.18 bits per heavy atom. The monoisotopic (exact) mass is 235 g/mol. The smallest absolute Gasteiger partial charge is 0.123 e. The number of fused-ring (bicyclic) bond motifs is 1. The fraction of sp³-hybridized carbons (Fsp3) is 0.571. The molecule has 1 heterocycles. The highest BCUT2D eigenvalue weighted by Crippen LogP contribution is 2.25. The number of hydrogen-bond acceptors (Lipinski definition) is 2. The minimum atomic E-state index is -0.103. The van der Waals surface area contributed by atoms with Gasteiger partial charge in [0.05, 0.1) is 13.2 Å². The van der Waals surface area contributed by atoms with Gasteiger partial charge in [-0.1, -0.05) is 6.07 Å². The molecule has 92 valence electrons. The van der Waals surface area contributed by atoms with E-state index in [4.69, 9.17) is 4.74 Å². The van der Waals surface area contributed by atoms with E-state index in [0.29, 0.717) is 6.04 Å². The maximum absolute atomic E-state index is 13.1. The first-order valence-electron chi connectivity index (χ1n) is 6.42.